The van der Waals surface area contributed by atoms with Crippen LogP contribution in [0.2, 0.25) is 0 Å². The number of anilines is 2. The average Bonchev–Trinajstić information content (AvgIpc) is 3.30. The maximum Gasteiger partial charge on any atom is 0.416 e. The van der Waals surface area contributed by atoms with Gasteiger partial charge in [-0.1, -0.05) is 19.1 Å². The molecule has 12 heteroatoms. The lowest BCUT2D eigenvalue weighted by molar-refractivity contribution is -0.138. The highest BCUT2D eigenvalue weighted by molar-refractivity contribution is 6.04. The van der Waals surface area contributed by atoms with E-state index in [0.717, 1.165) is 42.5 Å². The van der Waals surface area contributed by atoms with E-state index in [1.807, 2.05) is 11.8 Å². The summed E-state index contributed by atoms with van der Waals surface area (Å²) in [7, 11) is 0. The molecule has 0 saturated carbocycles. The van der Waals surface area contributed by atoms with E-state index in [9.17, 15) is 22.8 Å². The average molecular weight is 626 g/mol. The number of hydrogen-bond acceptors (Lipinski definition) is 5. The van der Waals surface area contributed by atoms with Crippen molar-refractivity contribution in [2.45, 2.75) is 33.0 Å². The quantitative estimate of drug-likeness (QED) is 0.312. The molecule has 1 saturated heterocycles. The highest BCUT2D eigenvalue weighted by Crippen LogP contribution is 2.35. The Kier molecular flexibility index (Phi) is 10.9. The molecule has 2 amide bonds. The molecule has 7 nitrogen and oxygen atoms in total. The molecule has 2 N–H and O–H groups in total. The van der Waals surface area contributed by atoms with Crippen molar-refractivity contribution in [3.8, 4) is 11.5 Å². The van der Waals surface area contributed by atoms with Crippen molar-refractivity contribution in [1.82, 2.24) is 9.80 Å². The molecule has 2 heterocycles. The van der Waals surface area contributed by atoms with Crippen LogP contribution in [0.5, 0.6) is 11.5 Å². The molecule has 2 aliphatic rings. The molecule has 0 atom stereocenters. The van der Waals surface area contributed by atoms with Crippen molar-refractivity contribution in [3.05, 3.63) is 82.4 Å². The first-order chi connectivity index (χ1) is 19.1. The summed E-state index contributed by atoms with van der Waals surface area (Å²) in [6.07, 6.45) is -4.31. The van der Waals surface area contributed by atoms with Crippen molar-refractivity contribution >= 4 is 48.0 Å². The minimum absolute atomic E-state index is 0. The van der Waals surface area contributed by atoms with E-state index in [1.165, 1.54) is 12.1 Å². The zero-order valence-corrected chi connectivity index (χ0v) is 24.8. The van der Waals surface area contributed by atoms with Crippen molar-refractivity contribution in [2.75, 3.05) is 43.4 Å². The van der Waals surface area contributed by atoms with Gasteiger partial charge in [0.2, 0.25) is 5.91 Å². The summed E-state index contributed by atoms with van der Waals surface area (Å²) in [6.45, 7) is 8.07. The maximum absolute atomic E-state index is 14.0. The van der Waals surface area contributed by atoms with E-state index in [4.69, 9.17) is 4.74 Å². The van der Waals surface area contributed by atoms with Crippen LogP contribution in [-0.2, 0) is 23.9 Å². The summed E-state index contributed by atoms with van der Waals surface area (Å²) in [5, 5.41) is 5.46. The molecule has 0 aliphatic carbocycles. The molecule has 0 radical (unpaired) electrons. The lowest BCUT2D eigenvalue weighted by Gasteiger charge is -2.34. The second-order valence-corrected chi connectivity index (χ2v) is 10.2. The Bertz CT molecular complexity index is 1440. The Morgan fingerprint density at radius 3 is 2.38 bits per heavy atom. The van der Waals surface area contributed by atoms with E-state index in [-0.39, 0.29) is 54.8 Å². The Balaban J connectivity index is 0.00000242. The van der Waals surface area contributed by atoms with Gasteiger partial charge in [0.05, 0.1) is 12.0 Å². The third-order valence-electron chi connectivity index (χ3n) is 7.36. The first-order valence-corrected chi connectivity index (χ1v) is 13.3. The number of aryl methyl sites for hydroxylation is 1. The highest BCUT2D eigenvalue weighted by Gasteiger charge is 2.34. The van der Waals surface area contributed by atoms with Crippen molar-refractivity contribution in [2.24, 2.45) is 0 Å². The van der Waals surface area contributed by atoms with Crippen molar-refractivity contribution < 1.29 is 27.5 Å². The molecule has 2 aliphatic heterocycles. The molecule has 0 unspecified atom stereocenters. The van der Waals surface area contributed by atoms with Gasteiger partial charge in [0.1, 0.15) is 11.5 Å². The van der Waals surface area contributed by atoms with Gasteiger partial charge in [0.25, 0.3) is 5.91 Å². The van der Waals surface area contributed by atoms with Gasteiger partial charge in [0.15, 0.2) is 0 Å². The van der Waals surface area contributed by atoms with Crippen LogP contribution in [-0.4, -0.2) is 54.3 Å². The number of carbonyl (C=O) groups excluding carboxylic acids is 2. The molecule has 0 spiro atoms. The fourth-order valence-electron chi connectivity index (χ4n) is 5.01. The highest BCUT2D eigenvalue weighted by atomic mass is 35.5. The predicted octanol–water partition coefficient (Wildman–Crippen LogP) is 6.53. The van der Waals surface area contributed by atoms with Gasteiger partial charge in [-0.05, 0) is 66.6 Å². The van der Waals surface area contributed by atoms with Gasteiger partial charge in [-0.3, -0.25) is 14.5 Å². The van der Waals surface area contributed by atoms with Crippen LogP contribution >= 0.6 is 24.8 Å². The Morgan fingerprint density at radius 2 is 1.69 bits per heavy atom. The number of benzene rings is 3. The second kappa shape index (κ2) is 13.8. The lowest BCUT2D eigenvalue weighted by atomic mass is 10.0. The first-order valence-electron chi connectivity index (χ1n) is 13.3. The van der Waals surface area contributed by atoms with E-state index in [0.29, 0.717) is 30.3 Å². The minimum atomic E-state index is -4.59. The number of ether oxygens (including phenoxy) is 1. The number of carbonyl (C=O) groups is 2. The number of rotatable bonds is 7. The van der Waals surface area contributed by atoms with E-state index in [1.54, 1.807) is 36.4 Å². The van der Waals surface area contributed by atoms with Gasteiger partial charge in [-0.15, -0.1) is 24.8 Å². The van der Waals surface area contributed by atoms with Gasteiger partial charge in [0, 0.05) is 55.7 Å². The number of hydrogen-bond donors (Lipinski definition) is 2. The zero-order valence-electron chi connectivity index (χ0n) is 23.2. The summed E-state index contributed by atoms with van der Waals surface area (Å²) < 4.78 is 48.0. The van der Waals surface area contributed by atoms with Crippen LogP contribution in [0.3, 0.4) is 0 Å². The number of fused-ring (bicyclic) bond motifs is 1. The maximum atomic E-state index is 14.0. The number of nitrogens with zero attached hydrogens (tertiary/aromatic N) is 2. The Morgan fingerprint density at radius 1 is 0.976 bits per heavy atom. The van der Waals surface area contributed by atoms with Gasteiger partial charge >= 0.3 is 6.18 Å². The van der Waals surface area contributed by atoms with Crippen LogP contribution in [0.25, 0.3) is 0 Å². The second-order valence-electron chi connectivity index (χ2n) is 10.2. The third kappa shape index (κ3) is 7.74. The van der Waals surface area contributed by atoms with Crippen molar-refractivity contribution in [3.63, 3.8) is 0 Å². The molecule has 0 aromatic heterocycles. The molecular weight excluding hydrogens is 592 g/mol. The van der Waals surface area contributed by atoms with E-state index >= 15 is 0 Å². The third-order valence-corrected chi connectivity index (χ3v) is 7.36. The first kappa shape index (κ1) is 33.2. The molecular formula is C30H33Cl2F3N4O3. The summed E-state index contributed by atoms with van der Waals surface area (Å²) >= 11 is 0. The lowest BCUT2D eigenvalue weighted by Crippen LogP contribution is -2.45. The van der Waals surface area contributed by atoms with Crippen LogP contribution in [0.15, 0.2) is 54.6 Å². The van der Waals surface area contributed by atoms with Gasteiger partial charge in [-0.2, -0.15) is 13.2 Å². The van der Waals surface area contributed by atoms with Crippen LogP contribution < -0.4 is 15.4 Å². The number of alkyl halides is 3. The number of piperazine rings is 1. The Hall–Kier alpha value is -3.31. The molecule has 3 aromatic rings. The molecule has 226 valence electrons. The normalized spacial score (nSPS) is 15.2. The SMILES string of the molecule is CCN1CCN(Cc2ccc(C(=O)Nc3ccc(C)c(Oc4ccc5c(c4)CC(=O)N5)c3)cc2C(F)(F)F)CC1.Cl.Cl. The largest absolute Gasteiger partial charge is 0.457 e. The number of likely N-dealkylation sites (N-methyl/N-ethyl adjacent to an activating group) is 1. The smallest absolute Gasteiger partial charge is 0.416 e. The minimum Gasteiger partial charge on any atom is -0.457 e. The predicted molar refractivity (Wildman–Crippen MR) is 161 cm³/mol. The van der Waals surface area contributed by atoms with E-state index in [2.05, 4.69) is 22.5 Å². The van der Waals surface area contributed by atoms with Crippen LogP contribution in [0.4, 0.5) is 24.5 Å². The fraction of sp³-hybridized carbons (Fsp3) is 0.333. The number of nitrogens with one attached hydrogen (secondary N) is 2. The summed E-state index contributed by atoms with van der Waals surface area (Å²) in [6, 6.07) is 14.1. The zero-order chi connectivity index (χ0) is 28.4. The Labute approximate surface area is 255 Å². The van der Waals surface area contributed by atoms with Crippen LogP contribution in [0.1, 0.15) is 39.5 Å². The summed E-state index contributed by atoms with van der Waals surface area (Å²) in [5.74, 6) is 0.281. The summed E-state index contributed by atoms with van der Waals surface area (Å²) in [5.41, 5.74) is 2.05. The number of amides is 2. The van der Waals surface area contributed by atoms with Gasteiger partial charge in [-0.25, -0.2) is 0 Å². The molecule has 3 aromatic carbocycles. The monoisotopic (exact) mass is 624 g/mol. The summed E-state index contributed by atoms with van der Waals surface area (Å²) in [4.78, 5) is 28.9. The van der Waals surface area contributed by atoms with E-state index < -0.39 is 17.6 Å². The molecule has 1 fully saturated rings. The number of halogens is 5. The molecule has 0 bridgehead atoms. The van der Waals surface area contributed by atoms with Crippen molar-refractivity contribution in [1.29, 1.82) is 0 Å². The van der Waals surface area contributed by atoms with Crippen LogP contribution in [0, 0.1) is 6.92 Å². The molecule has 5 rings (SSSR count). The fourth-order valence-corrected chi connectivity index (χ4v) is 5.01. The molecule has 42 heavy (non-hydrogen) atoms. The standard InChI is InChI=1S/C30H31F3N4O3.2ClH/c1-3-36-10-12-37(13-11-36)18-21-6-5-20(15-25(21)30(31,32)33)29(39)34-23-7-4-19(2)27(17-23)40-24-8-9-26-22(14-24)16-28(38)35-26;;/h4-9,14-15,17H,3,10-13,16,18H2,1-2H3,(H,34,39)(H,35,38);2*1H. The van der Waals surface area contributed by atoms with Gasteiger partial charge < -0.3 is 20.3 Å². The topological polar surface area (TPSA) is 73.9 Å².